The molecule has 1 saturated carbocycles. The maximum absolute atomic E-state index is 5.86. The van der Waals surface area contributed by atoms with Crippen LogP contribution in [0.25, 0.3) is 0 Å². The lowest BCUT2D eigenvalue weighted by Crippen LogP contribution is -2.50. The van der Waals surface area contributed by atoms with Gasteiger partial charge in [0, 0.05) is 18.0 Å². The van der Waals surface area contributed by atoms with E-state index in [1.54, 1.807) is 0 Å². The lowest BCUT2D eigenvalue weighted by molar-refractivity contribution is -0.270. The van der Waals surface area contributed by atoms with Crippen molar-refractivity contribution in [1.82, 2.24) is 4.90 Å². The van der Waals surface area contributed by atoms with Crippen LogP contribution < -0.4 is 0 Å². The Morgan fingerprint density at radius 1 is 1.10 bits per heavy atom. The van der Waals surface area contributed by atoms with Crippen LogP contribution in [0.2, 0.25) is 0 Å². The maximum Gasteiger partial charge on any atom is 0.162 e. The number of hydrogen-bond donors (Lipinski definition) is 0. The highest BCUT2D eigenvalue weighted by Crippen LogP contribution is 2.49. The number of nitrogens with zero attached hydrogens (tertiary/aromatic N) is 1. The molecule has 3 nitrogen and oxygen atoms in total. The van der Waals surface area contributed by atoms with Gasteiger partial charge in [-0.2, -0.15) is 0 Å². The summed E-state index contributed by atoms with van der Waals surface area (Å²) in [5.41, 5.74) is 1.66. The molecule has 2 fully saturated rings. The second-order valence-corrected chi connectivity index (χ2v) is 6.66. The molecule has 0 N–H and O–H groups in total. The first kappa shape index (κ1) is 14.1. The van der Waals surface area contributed by atoms with Gasteiger partial charge in [-0.1, -0.05) is 30.3 Å². The van der Waals surface area contributed by atoms with E-state index in [0.717, 1.165) is 19.8 Å². The SMILES string of the molecule is CN(Cc1ccccc1)C1(C2COC(C)(C)OC2)CC1. The quantitative estimate of drug-likeness (QED) is 0.843. The molecule has 1 aromatic carbocycles. The summed E-state index contributed by atoms with van der Waals surface area (Å²) in [5, 5.41) is 0. The molecule has 1 saturated heterocycles. The van der Waals surface area contributed by atoms with Gasteiger partial charge in [-0.3, -0.25) is 4.90 Å². The van der Waals surface area contributed by atoms with Crippen LogP contribution >= 0.6 is 0 Å². The Morgan fingerprint density at radius 3 is 2.25 bits per heavy atom. The lowest BCUT2D eigenvalue weighted by atomic mass is 9.95. The second kappa shape index (κ2) is 5.14. The van der Waals surface area contributed by atoms with Crippen molar-refractivity contribution in [3.05, 3.63) is 35.9 Å². The fraction of sp³-hybridized carbons (Fsp3) is 0.647. The number of ether oxygens (including phenoxy) is 2. The van der Waals surface area contributed by atoms with Crippen LogP contribution in [0.1, 0.15) is 32.3 Å². The summed E-state index contributed by atoms with van der Waals surface area (Å²) in [6.07, 6.45) is 2.52. The first-order valence-electron chi connectivity index (χ1n) is 7.55. The normalized spacial score (nSPS) is 24.8. The fourth-order valence-corrected chi connectivity index (χ4v) is 3.25. The molecular formula is C17H25NO2. The molecule has 0 radical (unpaired) electrons. The summed E-state index contributed by atoms with van der Waals surface area (Å²) in [5.74, 6) is 0.0779. The molecule has 0 spiro atoms. The molecule has 1 aliphatic carbocycles. The monoisotopic (exact) mass is 275 g/mol. The third kappa shape index (κ3) is 2.76. The van der Waals surface area contributed by atoms with Gasteiger partial charge in [-0.25, -0.2) is 0 Å². The molecule has 110 valence electrons. The molecule has 1 aromatic rings. The topological polar surface area (TPSA) is 21.7 Å². The average Bonchev–Trinajstić information content (AvgIpc) is 3.21. The summed E-state index contributed by atoms with van der Waals surface area (Å²) in [7, 11) is 2.24. The van der Waals surface area contributed by atoms with E-state index >= 15 is 0 Å². The van der Waals surface area contributed by atoms with Crippen molar-refractivity contribution < 1.29 is 9.47 Å². The van der Waals surface area contributed by atoms with Gasteiger partial charge in [0.1, 0.15) is 0 Å². The molecular weight excluding hydrogens is 250 g/mol. The number of benzene rings is 1. The van der Waals surface area contributed by atoms with E-state index in [-0.39, 0.29) is 5.54 Å². The molecule has 0 amide bonds. The van der Waals surface area contributed by atoms with Crippen molar-refractivity contribution in [1.29, 1.82) is 0 Å². The molecule has 0 bridgehead atoms. The van der Waals surface area contributed by atoms with Crippen LogP contribution in [0.15, 0.2) is 30.3 Å². The van der Waals surface area contributed by atoms with E-state index in [0.29, 0.717) is 5.92 Å². The second-order valence-electron chi connectivity index (χ2n) is 6.66. The molecule has 3 heteroatoms. The average molecular weight is 275 g/mol. The van der Waals surface area contributed by atoms with Gasteiger partial charge >= 0.3 is 0 Å². The number of rotatable bonds is 4. The number of hydrogen-bond acceptors (Lipinski definition) is 3. The van der Waals surface area contributed by atoms with Crippen LogP contribution in [-0.4, -0.2) is 36.5 Å². The van der Waals surface area contributed by atoms with Gasteiger partial charge in [0.15, 0.2) is 5.79 Å². The summed E-state index contributed by atoms with van der Waals surface area (Å²) in [4.78, 5) is 2.50. The van der Waals surface area contributed by atoms with Crippen molar-refractivity contribution in [2.45, 2.75) is 44.6 Å². The van der Waals surface area contributed by atoms with Crippen molar-refractivity contribution in [3.63, 3.8) is 0 Å². The van der Waals surface area contributed by atoms with Crippen LogP contribution in [0.3, 0.4) is 0 Å². The third-order valence-corrected chi connectivity index (χ3v) is 4.81. The van der Waals surface area contributed by atoms with Gasteiger partial charge in [0.2, 0.25) is 0 Å². The minimum absolute atomic E-state index is 0.284. The Balaban J connectivity index is 1.64. The zero-order chi connectivity index (χ0) is 14.2. The van der Waals surface area contributed by atoms with Gasteiger partial charge in [-0.15, -0.1) is 0 Å². The molecule has 1 aliphatic heterocycles. The smallest absolute Gasteiger partial charge is 0.162 e. The van der Waals surface area contributed by atoms with Gasteiger partial charge in [0.25, 0.3) is 0 Å². The standard InChI is InChI=1S/C17H25NO2/c1-16(2)19-12-15(13-20-16)17(9-10-17)18(3)11-14-7-5-4-6-8-14/h4-8,15H,9-13H2,1-3H3. The van der Waals surface area contributed by atoms with Crippen LogP contribution in [0.4, 0.5) is 0 Å². The van der Waals surface area contributed by atoms with Crippen molar-refractivity contribution >= 4 is 0 Å². The Morgan fingerprint density at radius 2 is 1.70 bits per heavy atom. The summed E-state index contributed by atoms with van der Waals surface area (Å²) in [6.45, 7) is 6.62. The van der Waals surface area contributed by atoms with E-state index in [4.69, 9.17) is 9.47 Å². The van der Waals surface area contributed by atoms with Crippen LogP contribution in [-0.2, 0) is 16.0 Å². The minimum Gasteiger partial charge on any atom is -0.350 e. The van der Waals surface area contributed by atoms with Crippen molar-refractivity contribution in [3.8, 4) is 0 Å². The van der Waals surface area contributed by atoms with Gasteiger partial charge in [0.05, 0.1) is 13.2 Å². The highest BCUT2D eigenvalue weighted by atomic mass is 16.7. The minimum atomic E-state index is -0.412. The molecule has 20 heavy (non-hydrogen) atoms. The van der Waals surface area contributed by atoms with Gasteiger partial charge in [-0.05, 0) is 39.3 Å². The summed E-state index contributed by atoms with van der Waals surface area (Å²) in [6, 6.07) is 10.7. The molecule has 0 atom stereocenters. The predicted molar refractivity (Wildman–Crippen MR) is 79.3 cm³/mol. The zero-order valence-corrected chi connectivity index (χ0v) is 12.8. The predicted octanol–water partition coefficient (Wildman–Crippen LogP) is 3.05. The molecule has 3 rings (SSSR count). The third-order valence-electron chi connectivity index (χ3n) is 4.81. The van der Waals surface area contributed by atoms with E-state index < -0.39 is 5.79 Å². The van der Waals surface area contributed by atoms with Crippen molar-refractivity contribution in [2.75, 3.05) is 20.3 Å². The van der Waals surface area contributed by atoms with E-state index in [1.165, 1.54) is 18.4 Å². The fourth-order valence-electron chi connectivity index (χ4n) is 3.25. The van der Waals surface area contributed by atoms with E-state index in [9.17, 15) is 0 Å². The molecule has 2 aliphatic rings. The van der Waals surface area contributed by atoms with Gasteiger partial charge < -0.3 is 9.47 Å². The van der Waals surface area contributed by atoms with E-state index in [1.807, 2.05) is 13.8 Å². The van der Waals surface area contributed by atoms with Crippen molar-refractivity contribution in [2.24, 2.45) is 5.92 Å². The Hall–Kier alpha value is -0.900. The lowest BCUT2D eigenvalue weighted by Gasteiger charge is -2.42. The Labute approximate surface area is 121 Å². The Kier molecular flexibility index (Phi) is 3.61. The molecule has 1 heterocycles. The van der Waals surface area contributed by atoms with Crippen LogP contribution in [0, 0.1) is 5.92 Å². The highest BCUT2D eigenvalue weighted by Gasteiger charge is 2.54. The first-order chi connectivity index (χ1) is 9.52. The zero-order valence-electron chi connectivity index (χ0n) is 12.8. The largest absolute Gasteiger partial charge is 0.350 e. The maximum atomic E-state index is 5.86. The summed E-state index contributed by atoms with van der Waals surface area (Å²) >= 11 is 0. The highest BCUT2D eigenvalue weighted by molar-refractivity contribution is 5.17. The summed E-state index contributed by atoms with van der Waals surface area (Å²) < 4.78 is 11.7. The van der Waals surface area contributed by atoms with E-state index in [2.05, 4.69) is 42.3 Å². The Bertz CT molecular complexity index is 443. The molecule has 0 unspecified atom stereocenters. The first-order valence-corrected chi connectivity index (χ1v) is 7.55. The molecule has 0 aromatic heterocycles. The van der Waals surface area contributed by atoms with Crippen LogP contribution in [0.5, 0.6) is 0 Å².